The van der Waals surface area contributed by atoms with Crippen molar-refractivity contribution in [3.63, 3.8) is 0 Å². The highest BCUT2D eigenvalue weighted by molar-refractivity contribution is 7.11. The minimum absolute atomic E-state index is 0.0267. The maximum absolute atomic E-state index is 15.0. The molecule has 4 heterocycles. The maximum atomic E-state index is 15.0. The number of carbonyl (C=O) groups excluding carboxylic acids is 2. The van der Waals surface area contributed by atoms with Crippen LogP contribution in [-0.4, -0.2) is 63.5 Å². The monoisotopic (exact) mass is 549 g/mol. The lowest BCUT2D eigenvalue weighted by molar-refractivity contribution is -0.129. The summed E-state index contributed by atoms with van der Waals surface area (Å²) in [7, 11) is 0. The Morgan fingerprint density at radius 2 is 1.86 bits per heavy atom. The number of nitrogens with zero attached hydrogens (tertiary/aromatic N) is 5. The zero-order chi connectivity index (χ0) is 26.4. The second kappa shape index (κ2) is 9.43. The molecule has 3 fully saturated rings. The van der Waals surface area contributed by atoms with Crippen LogP contribution in [0, 0.1) is 10.8 Å². The van der Waals surface area contributed by atoms with E-state index in [1.807, 2.05) is 0 Å². The van der Waals surface area contributed by atoms with E-state index in [-0.39, 0.29) is 23.9 Å². The molecule has 0 radical (unpaired) electrons. The number of hydrogen-bond acceptors (Lipinski definition) is 7. The highest BCUT2D eigenvalue weighted by atomic mass is 35.5. The van der Waals surface area contributed by atoms with Gasteiger partial charge in [-0.3, -0.25) is 14.6 Å². The van der Waals surface area contributed by atoms with Crippen molar-refractivity contribution in [2.75, 3.05) is 26.2 Å². The zero-order valence-corrected chi connectivity index (χ0v) is 21.9. The summed E-state index contributed by atoms with van der Waals surface area (Å²) >= 11 is 7.01. The molecule has 1 spiro atoms. The minimum Gasteiger partial charge on any atom is -0.419 e. The van der Waals surface area contributed by atoms with Crippen LogP contribution in [0.5, 0.6) is 0 Å². The molecule has 37 heavy (non-hydrogen) atoms. The van der Waals surface area contributed by atoms with Crippen molar-refractivity contribution in [3.8, 4) is 0 Å². The Kier molecular flexibility index (Phi) is 6.56. The number of halogens is 3. The van der Waals surface area contributed by atoms with E-state index in [4.69, 9.17) is 16.0 Å². The molecule has 1 aliphatic carbocycles. The van der Waals surface area contributed by atoms with Crippen LogP contribution in [0.1, 0.15) is 59.6 Å². The molecule has 1 atom stereocenters. The van der Waals surface area contributed by atoms with Crippen LogP contribution < -0.4 is 0 Å². The molecule has 0 bridgehead atoms. The Morgan fingerprint density at radius 1 is 1.19 bits per heavy atom. The summed E-state index contributed by atoms with van der Waals surface area (Å²) in [4.78, 5) is 31.6. The number of aromatic nitrogens is 3. The van der Waals surface area contributed by atoms with E-state index in [0.717, 1.165) is 11.8 Å². The first-order valence-electron chi connectivity index (χ1n) is 11.9. The molecule has 2 saturated heterocycles. The topological polar surface area (TPSA) is 92.4 Å². The summed E-state index contributed by atoms with van der Waals surface area (Å²) in [6.45, 7) is 5.92. The van der Waals surface area contributed by atoms with E-state index in [1.54, 1.807) is 15.3 Å². The van der Waals surface area contributed by atoms with E-state index in [2.05, 4.69) is 29.0 Å². The molecular weight excluding hydrogens is 524 g/mol. The number of benzene rings is 1. The lowest BCUT2D eigenvalue weighted by Crippen LogP contribution is -2.59. The molecule has 12 heteroatoms. The largest absolute Gasteiger partial charge is 0.419 e. The number of thiazole rings is 1. The molecule has 2 amide bonds. The van der Waals surface area contributed by atoms with Crippen LogP contribution in [0.25, 0.3) is 0 Å². The van der Waals surface area contributed by atoms with Crippen LogP contribution in [0.15, 0.2) is 40.4 Å². The van der Waals surface area contributed by atoms with Gasteiger partial charge in [-0.15, -0.1) is 21.5 Å². The van der Waals surface area contributed by atoms with Gasteiger partial charge < -0.3 is 14.2 Å². The molecule has 1 aromatic carbocycles. The van der Waals surface area contributed by atoms with Gasteiger partial charge in [0.15, 0.2) is 0 Å². The van der Waals surface area contributed by atoms with Crippen LogP contribution in [0.2, 0.25) is 5.02 Å². The fourth-order valence-corrected chi connectivity index (χ4v) is 5.35. The van der Waals surface area contributed by atoms with Crippen molar-refractivity contribution in [3.05, 3.63) is 63.2 Å². The van der Waals surface area contributed by atoms with Crippen LogP contribution in [-0.2, 0) is 10.7 Å². The van der Waals surface area contributed by atoms with Crippen LogP contribution in [0.3, 0.4) is 0 Å². The average Bonchev–Trinajstić information content (AvgIpc) is 3.35. The average molecular weight is 550 g/mol. The van der Waals surface area contributed by atoms with Crippen molar-refractivity contribution >= 4 is 35.3 Å². The lowest BCUT2D eigenvalue weighted by Gasteiger charge is -2.48. The van der Waals surface area contributed by atoms with Gasteiger partial charge in [0.25, 0.3) is 11.8 Å². The van der Waals surface area contributed by atoms with E-state index >= 15 is 0 Å². The van der Waals surface area contributed by atoms with E-state index in [1.165, 1.54) is 54.6 Å². The van der Waals surface area contributed by atoms with Gasteiger partial charge in [0, 0.05) is 42.2 Å². The molecular formula is C25H26ClF2N5O3S. The highest BCUT2D eigenvalue weighted by Gasteiger charge is 2.58. The fourth-order valence-electron chi connectivity index (χ4n) is 4.63. The van der Waals surface area contributed by atoms with Gasteiger partial charge in [-0.05, 0) is 30.4 Å². The van der Waals surface area contributed by atoms with Gasteiger partial charge in [0.1, 0.15) is 4.88 Å². The first-order chi connectivity index (χ1) is 17.5. The molecule has 1 saturated carbocycles. The van der Waals surface area contributed by atoms with Crippen LogP contribution >= 0.6 is 22.9 Å². The first kappa shape index (κ1) is 25.7. The number of hydrogen-bond donors (Lipinski definition) is 0. The Morgan fingerprint density at radius 3 is 2.43 bits per heavy atom. The summed E-state index contributed by atoms with van der Waals surface area (Å²) in [5, 5.41) is 7.87. The van der Waals surface area contributed by atoms with Gasteiger partial charge in [-0.25, -0.2) is 0 Å². The van der Waals surface area contributed by atoms with Crippen molar-refractivity contribution in [1.29, 1.82) is 0 Å². The molecule has 3 aliphatic rings. The van der Waals surface area contributed by atoms with Gasteiger partial charge in [-0.2, -0.15) is 8.78 Å². The fraction of sp³-hybridized carbons (Fsp3) is 0.480. The second-order valence-electron chi connectivity index (χ2n) is 10.7. The van der Waals surface area contributed by atoms with Gasteiger partial charge >= 0.3 is 5.92 Å². The molecule has 2 aliphatic heterocycles. The number of amides is 2. The Labute approximate surface area is 221 Å². The standard InChI is InChI=1S/C20H16ClF2N5O3S.C5H10/c21-13-3-1-12(2-4-13)20(22,23)18-26-25-16(31-18)14-6-28(17(30)15-5-24-10-32-15)9-19(14)7-27(8-19)11-29;1-5(2)3-4-5/h1-5,10-11,14H,6-9H2;3-4H2,1-2H3. The third-order valence-corrected chi connectivity index (χ3v) is 8.24. The third-order valence-electron chi connectivity index (χ3n) is 7.23. The Balaban J connectivity index is 0.000000503. The second-order valence-corrected chi connectivity index (χ2v) is 12.0. The summed E-state index contributed by atoms with van der Waals surface area (Å²) in [5.41, 5.74) is 1.47. The highest BCUT2D eigenvalue weighted by Crippen LogP contribution is 2.49. The van der Waals surface area contributed by atoms with E-state index < -0.39 is 23.1 Å². The van der Waals surface area contributed by atoms with Crippen LogP contribution in [0.4, 0.5) is 8.78 Å². The predicted molar refractivity (Wildman–Crippen MR) is 133 cm³/mol. The van der Waals surface area contributed by atoms with E-state index in [0.29, 0.717) is 29.5 Å². The predicted octanol–water partition coefficient (Wildman–Crippen LogP) is 4.82. The van der Waals surface area contributed by atoms with Gasteiger partial charge in [0.05, 0.1) is 17.6 Å². The van der Waals surface area contributed by atoms with Crippen molar-refractivity contribution < 1.29 is 22.8 Å². The quantitative estimate of drug-likeness (QED) is 0.424. The SMILES string of the molecule is CC1(C)CC1.O=CN1CC2(C1)CN(C(=O)c1cncs1)CC2c1nnc(C(F)(F)c2ccc(Cl)cc2)o1. The molecule has 0 N–H and O–H groups in total. The Hall–Kier alpha value is -2.92. The molecule has 196 valence electrons. The molecule has 1 unspecified atom stereocenters. The third kappa shape index (κ3) is 5.11. The lowest BCUT2D eigenvalue weighted by atomic mass is 9.72. The first-order valence-corrected chi connectivity index (χ1v) is 13.1. The molecule has 8 nitrogen and oxygen atoms in total. The summed E-state index contributed by atoms with van der Waals surface area (Å²) < 4.78 is 35.4. The molecule has 2 aromatic heterocycles. The minimum atomic E-state index is -3.51. The summed E-state index contributed by atoms with van der Waals surface area (Å²) in [6, 6.07) is 5.12. The Bertz CT molecular complexity index is 1270. The molecule has 6 rings (SSSR count). The van der Waals surface area contributed by atoms with Crippen molar-refractivity contribution in [2.45, 2.75) is 38.5 Å². The van der Waals surface area contributed by atoms with Gasteiger partial charge in [0.2, 0.25) is 12.3 Å². The zero-order valence-electron chi connectivity index (χ0n) is 20.4. The smallest absolute Gasteiger partial charge is 0.349 e. The summed E-state index contributed by atoms with van der Waals surface area (Å²) in [5.74, 6) is -4.99. The number of rotatable bonds is 5. The maximum Gasteiger partial charge on any atom is 0.349 e. The van der Waals surface area contributed by atoms with Crippen molar-refractivity contribution in [1.82, 2.24) is 25.0 Å². The normalized spacial score (nSPS) is 21.3. The van der Waals surface area contributed by atoms with Crippen molar-refractivity contribution in [2.24, 2.45) is 10.8 Å². The summed E-state index contributed by atoms with van der Waals surface area (Å²) in [6.07, 6.45) is 5.12. The number of likely N-dealkylation sites (tertiary alicyclic amines) is 2. The van der Waals surface area contributed by atoms with E-state index in [9.17, 15) is 18.4 Å². The molecule has 3 aromatic rings. The number of carbonyl (C=O) groups is 2. The number of alkyl halides is 2. The van der Waals surface area contributed by atoms with Gasteiger partial charge in [-0.1, -0.05) is 37.6 Å².